The smallest absolute Gasteiger partial charge is 0.223 e. The fourth-order valence-electron chi connectivity index (χ4n) is 2.84. The van der Waals surface area contributed by atoms with E-state index in [4.69, 9.17) is 0 Å². The second-order valence-corrected chi connectivity index (χ2v) is 5.90. The average Bonchev–Trinajstić information content (AvgIpc) is 3.25. The van der Waals surface area contributed by atoms with Gasteiger partial charge in [-0.1, -0.05) is 6.07 Å². The predicted molar refractivity (Wildman–Crippen MR) is 84.3 cm³/mol. The Bertz CT molecular complexity index is 623. The molecule has 1 saturated carbocycles. The number of hydrogen-bond donors (Lipinski definition) is 1. The van der Waals surface area contributed by atoms with Crippen LogP contribution in [0.5, 0.6) is 0 Å². The lowest BCUT2D eigenvalue weighted by molar-refractivity contribution is -0.122. The minimum absolute atomic E-state index is 0.139. The summed E-state index contributed by atoms with van der Waals surface area (Å²) in [7, 11) is 0. The van der Waals surface area contributed by atoms with Gasteiger partial charge >= 0.3 is 0 Å². The highest BCUT2D eigenvalue weighted by molar-refractivity contribution is 5.82. The number of hydrogen-bond acceptors (Lipinski definition) is 3. The quantitative estimate of drug-likeness (QED) is 0.798. The van der Waals surface area contributed by atoms with Gasteiger partial charge in [-0.05, 0) is 43.7 Å². The molecule has 1 N–H and O–H groups in total. The molecular weight excluding hydrogens is 276 g/mol. The van der Waals surface area contributed by atoms with E-state index in [0.29, 0.717) is 5.92 Å². The molecule has 2 atom stereocenters. The molecule has 0 radical (unpaired) electrons. The summed E-state index contributed by atoms with van der Waals surface area (Å²) in [6.45, 7) is 3.72. The van der Waals surface area contributed by atoms with E-state index in [-0.39, 0.29) is 11.8 Å². The minimum Gasteiger partial charge on any atom is -0.356 e. The fraction of sp³-hybridized carbons (Fsp3) is 0.471. The first-order valence-corrected chi connectivity index (χ1v) is 7.91. The van der Waals surface area contributed by atoms with Crippen molar-refractivity contribution in [2.24, 2.45) is 5.92 Å². The van der Waals surface area contributed by atoms with Crippen LogP contribution < -0.4 is 5.32 Å². The first-order valence-electron chi connectivity index (χ1n) is 7.91. The molecule has 116 valence electrons. The van der Waals surface area contributed by atoms with Gasteiger partial charge in [-0.2, -0.15) is 0 Å². The van der Waals surface area contributed by atoms with Crippen LogP contribution in [0.2, 0.25) is 0 Å². The zero-order valence-electron chi connectivity index (χ0n) is 12.9. The van der Waals surface area contributed by atoms with Gasteiger partial charge in [-0.3, -0.25) is 9.78 Å². The van der Waals surface area contributed by atoms with Crippen LogP contribution in [0.3, 0.4) is 0 Å². The highest BCUT2D eigenvalue weighted by atomic mass is 16.2. The van der Waals surface area contributed by atoms with Gasteiger partial charge in [0.05, 0.1) is 0 Å². The lowest BCUT2D eigenvalue weighted by atomic mass is 10.1. The predicted octanol–water partition coefficient (Wildman–Crippen LogP) is 2.29. The maximum atomic E-state index is 12.1. The van der Waals surface area contributed by atoms with E-state index in [9.17, 15) is 4.79 Å². The number of pyridine rings is 1. The van der Waals surface area contributed by atoms with Gasteiger partial charge in [-0.25, -0.2) is 4.98 Å². The van der Waals surface area contributed by atoms with Crippen LogP contribution in [0.4, 0.5) is 0 Å². The van der Waals surface area contributed by atoms with Gasteiger partial charge < -0.3 is 9.88 Å². The van der Waals surface area contributed by atoms with E-state index in [2.05, 4.69) is 25.9 Å². The molecule has 3 rings (SSSR count). The van der Waals surface area contributed by atoms with Crippen LogP contribution >= 0.6 is 0 Å². The molecule has 5 heteroatoms. The van der Waals surface area contributed by atoms with E-state index < -0.39 is 0 Å². The summed E-state index contributed by atoms with van der Waals surface area (Å²) < 4.78 is 2.14. The Morgan fingerprint density at radius 1 is 1.41 bits per heavy atom. The topological polar surface area (TPSA) is 59.8 Å². The van der Waals surface area contributed by atoms with Crippen LogP contribution in [0.1, 0.15) is 36.6 Å². The minimum atomic E-state index is 0.139. The number of carbonyl (C=O) groups excluding carboxylic acids is 1. The molecular formula is C17H22N4O. The number of nitrogens with one attached hydrogen (secondary N) is 1. The number of aromatic nitrogens is 3. The van der Waals surface area contributed by atoms with E-state index >= 15 is 0 Å². The van der Waals surface area contributed by atoms with Gasteiger partial charge in [0.1, 0.15) is 5.82 Å². The maximum Gasteiger partial charge on any atom is 0.223 e. The molecule has 0 unspecified atom stereocenters. The average molecular weight is 298 g/mol. The van der Waals surface area contributed by atoms with Crippen molar-refractivity contribution in [1.82, 2.24) is 19.9 Å². The molecule has 1 fully saturated rings. The largest absolute Gasteiger partial charge is 0.356 e. The Hall–Kier alpha value is -2.17. The summed E-state index contributed by atoms with van der Waals surface area (Å²) in [6.07, 6.45) is 10.4. The molecule has 0 spiro atoms. The number of rotatable bonds is 7. The molecule has 1 amide bonds. The van der Waals surface area contributed by atoms with E-state index in [1.54, 1.807) is 6.20 Å². The summed E-state index contributed by atoms with van der Waals surface area (Å²) in [5.41, 5.74) is 1.18. The third-order valence-electron chi connectivity index (χ3n) is 4.29. The van der Waals surface area contributed by atoms with Crippen molar-refractivity contribution in [2.75, 3.05) is 6.54 Å². The van der Waals surface area contributed by atoms with E-state index in [1.807, 2.05) is 31.6 Å². The molecule has 1 aliphatic carbocycles. The van der Waals surface area contributed by atoms with Gasteiger partial charge in [0.15, 0.2) is 0 Å². The third-order valence-corrected chi connectivity index (χ3v) is 4.29. The summed E-state index contributed by atoms with van der Waals surface area (Å²) in [6, 6.07) is 3.99. The summed E-state index contributed by atoms with van der Waals surface area (Å²) in [4.78, 5) is 20.4. The van der Waals surface area contributed by atoms with Gasteiger partial charge in [0.25, 0.3) is 0 Å². The Labute approximate surface area is 130 Å². The molecule has 0 saturated heterocycles. The Kier molecular flexibility index (Phi) is 4.51. The van der Waals surface area contributed by atoms with Gasteiger partial charge in [0.2, 0.25) is 5.91 Å². The highest BCUT2D eigenvalue weighted by Crippen LogP contribution is 2.47. The van der Waals surface area contributed by atoms with Crippen molar-refractivity contribution in [3.63, 3.8) is 0 Å². The van der Waals surface area contributed by atoms with Crippen LogP contribution in [0.25, 0.3) is 0 Å². The van der Waals surface area contributed by atoms with Crippen molar-refractivity contribution < 1.29 is 4.79 Å². The van der Waals surface area contributed by atoms with E-state index in [0.717, 1.165) is 38.2 Å². The zero-order chi connectivity index (χ0) is 15.4. The van der Waals surface area contributed by atoms with E-state index in [1.165, 1.54) is 5.56 Å². The molecule has 0 bridgehead atoms. The summed E-state index contributed by atoms with van der Waals surface area (Å²) in [5.74, 6) is 1.73. The fourth-order valence-corrected chi connectivity index (χ4v) is 2.84. The van der Waals surface area contributed by atoms with Crippen molar-refractivity contribution >= 4 is 5.91 Å². The lowest BCUT2D eigenvalue weighted by Crippen LogP contribution is -2.26. The van der Waals surface area contributed by atoms with Crippen molar-refractivity contribution in [2.45, 2.75) is 38.6 Å². The lowest BCUT2D eigenvalue weighted by Gasteiger charge is -2.07. The number of imidazole rings is 1. The number of amides is 1. The second kappa shape index (κ2) is 6.73. The van der Waals surface area contributed by atoms with Crippen molar-refractivity contribution in [3.8, 4) is 0 Å². The van der Waals surface area contributed by atoms with Crippen LogP contribution in [0, 0.1) is 12.8 Å². The molecule has 2 aromatic heterocycles. The van der Waals surface area contributed by atoms with Crippen LogP contribution in [-0.4, -0.2) is 27.0 Å². The Balaban J connectivity index is 1.33. The first-order chi connectivity index (χ1) is 10.8. The normalized spacial score (nSPS) is 19.9. The van der Waals surface area contributed by atoms with Crippen LogP contribution in [0.15, 0.2) is 36.9 Å². The van der Waals surface area contributed by atoms with Crippen molar-refractivity contribution in [1.29, 1.82) is 0 Å². The zero-order valence-corrected chi connectivity index (χ0v) is 12.9. The Morgan fingerprint density at radius 3 is 3.05 bits per heavy atom. The standard InChI is InChI=1S/C17H22N4O/c1-13-19-8-10-21(13)9-3-2-7-20-17(22)16-11-15(16)14-5-4-6-18-12-14/h4-6,8,10,12,15-16H,2-3,7,9,11H2,1H3,(H,20,22)/t15-,16-/m1/s1. The highest BCUT2D eigenvalue weighted by Gasteiger charge is 2.43. The Morgan fingerprint density at radius 2 is 2.32 bits per heavy atom. The first kappa shape index (κ1) is 14.8. The van der Waals surface area contributed by atoms with Crippen LogP contribution in [-0.2, 0) is 11.3 Å². The molecule has 0 aliphatic heterocycles. The molecule has 2 heterocycles. The molecule has 0 aromatic carbocycles. The number of nitrogens with zero attached hydrogens (tertiary/aromatic N) is 3. The molecule has 2 aromatic rings. The molecule has 1 aliphatic rings. The van der Waals surface area contributed by atoms with Gasteiger partial charge in [-0.15, -0.1) is 0 Å². The number of unbranched alkanes of at least 4 members (excludes halogenated alkanes) is 1. The molecule has 22 heavy (non-hydrogen) atoms. The maximum absolute atomic E-state index is 12.1. The van der Waals surface area contributed by atoms with Crippen molar-refractivity contribution in [3.05, 3.63) is 48.3 Å². The summed E-state index contributed by atoms with van der Waals surface area (Å²) in [5, 5.41) is 3.05. The second-order valence-electron chi connectivity index (χ2n) is 5.90. The number of aryl methyl sites for hydroxylation is 2. The molecule has 5 nitrogen and oxygen atoms in total. The monoisotopic (exact) mass is 298 g/mol. The SMILES string of the molecule is Cc1nccn1CCCCNC(=O)[C@@H]1C[C@@H]1c1cccnc1. The number of carbonyl (C=O) groups is 1. The third kappa shape index (κ3) is 3.53. The van der Waals surface area contributed by atoms with Gasteiger partial charge in [0, 0.05) is 43.8 Å². The summed E-state index contributed by atoms with van der Waals surface area (Å²) >= 11 is 0.